The highest BCUT2D eigenvalue weighted by Gasteiger charge is 2.29. The number of likely N-dealkylation sites (N-methyl/N-ethyl adjacent to an activating group) is 2. The van der Waals surface area contributed by atoms with Gasteiger partial charge in [0.15, 0.2) is 5.78 Å². The highest BCUT2D eigenvalue weighted by Crippen LogP contribution is 2.20. The SMILES string of the molecule is Cc1ccsc1C(=O)C1CN(C)CCCN1C. The molecule has 17 heavy (non-hydrogen) atoms. The maximum Gasteiger partial charge on any atom is 0.191 e. The summed E-state index contributed by atoms with van der Waals surface area (Å²) in [6.45, 7) is 4.94. The van der Waals surface area contributed by atoms with E-state index in [1.807, 2.05) is 18.4 Å². The van der Waals surface area contributed by atoms with Crippen molar-refractivity contribution >= 4 is 17.1 Å². The standard InChI is InChI=1S/C13H20N2OS/c1-10-5-8-17-13(10)12(16)11-9-14(2)6-4-7-15(11)3/h5,8,11H,4,6-7,9H2,1-3H3. The lowest BCUT2D eigenvalue weighted by atomic mass is 10.1. The van der Waals surface area contributed by atoms with Crippen molar-refractivity contribution in [3.63, 3.8) is 0 Å². The second-order valence-electron chi connectivity index (χ2n) is 4.91. The zero-order valence-electron chi connectivity index (χ0n) is 10.8. The van der Waals surface area contributed by atoms with Crippen LogP contribution < -0.4 is 0 Å². The Morgan fingerprint density at radius 3 is 2.82 bits per heavy atom. The molecule has 0 spiro atoms. The summed E-state index contributed by atoms with van der Waals surface area (Å²) in [6, 6.07) is 2.04. The molecule has 1 saturated heterocycles. The van der Waals surface area contributed by atoms with Crippen LogP contribution in [-0.4, -0.2) is 55.4 Å². The molecule has 0 bridgehead atoms. The van der Waals surface area contributed by atoms with Crippen LogP contribution in [0, 0.1) is 6.92 Å². The van der Waals surface area contributed by atoms with Gasteiger partial charge in [-0.1, -0.05) is 0 Å². The van der Waals surface area contributed by atoms with Gasteiger partial charge in [-0.3, -0.25) is 9.69 Å². The Bertz CT molecular complexity index is 402. The van der Waals surface area contributed by atoms with Crippen molar-refractivity contribution in [1.29, 1.82) is 0 Å². The third kappa shape index (κ3) is 2.76. The number of nitrogens with zero attached hydrogens (tertiary/aromatic N) is 2. The maximum absolute atomic E-state index is 12.5. The summed E-state index contributed by atoms with van der Waals surface area (Å²) in [5.74, 6) is 0.286. The molecule has 2 rings (SSSR count). The van der Waals surface area contributed by atoms with Crippen molar-refractivity contribution in [2.75, 3.05) is 33.7 Å². The average Bonchev–Trinajstić information content (AvgIpc) is 2.63. The van der Waals surface area contributed by atoms with Gasteiger partial charge in [0, 0.05) is 6.54 Å². The summed E-state index contributed by atoms with van der Waals surface area (Å²) >= 11 is 1.57. The predicted octanol–water partition coefficient (Wildman–Crippen LogP) is 1.88. The lowest BCUT2D eigenvalue weighted by molar-refractivity contribution is 0.0843. The first-order chi connectivity index (χ1) is 8.09. The van der Waals surface area contributed by atoms with Gasteiger partial charge < -0.3 is 4.90 Å². The number of rotatable bonds is 2. The summed E-state index contributed by atoms with van der Waals surface area (Å²) in [4.78, 5) is 17.9. The fourth-order valence-corrected chi connectivity index (χ4v) is 3.25. The van der Waals surface area contributed by atoms with Gasteiger partial charge in [-0.05, 0) is 57.5 Å². The van der Waals surface area contributed by atoms with E-state index in [0.717, 1.165) is 36.5 Å². The predicted molar refractivity (Wildman–Crippen MR) is 71.9 cm³/mol. The summed E-state index contributed by atoms with van der Waals surface area (Å²) in [5.41, 5.74) is 1.11. The van der Waals surface area contributed by atoms with Crippen LogP contribution in [0.5, 0.6) is 0 Å². The minimum Gasteiger partial charge on any atom is -0.304 e. The van der Waals surface area contributed by atoms with Crippen molar-refractivity contribution in [3.8, 4) is 0 Å². The van der Waals surface area contributed by atoms with Crippen LogP contribution in [0.15, 0.2) is 11.4 Å². The molecule has 0 aliphatic carbocycles. The van der Waals surface area contributed by atoms with Crippen LogP contribution in [0.3, 0.4) is 0 Å². The summed E-state index contributed by atoms with van der Waals surface area (Å²) in [6.07, 6.45) is 1.14. The second-order valence-corrected chi connectivity index (χ2v) is 5.83. The number of Topliss-reactive ketones (excluding diaryl/α,β-unsaturated/α-hetero) is 1. The minimum absolute atomic E-state index is 0.0137. The molecule has 0 aromatic carbocycles. The van der Waals surface area contributed by atoms with Crippen molar-refractivity contribution in [2.24, 2.45) is 0 Å². The number of thiophene rings is 1. The van der Waals surface area contributed by atoms with Crippen molar-refractivity contribution in [1.82, 2.24) is 9.80 Å². The van der Waals surface area contributed by atoms with Crippen molar-refractivity contribution < 1.29 is 4.79 Å². The topological polar surface area (TPSA) is 23.6 Å². The molecule has 2 heterocycles. The highest BCUT2D eigenvalue weighted by atomic mass is 32.1. The third-order valence-corrected chi connectivity index (χ3v) is 4.49. The molecule has 0 N–H and O–H groups in total. The normalized spacial score (nSPS) is 23.6. The second kappa shape index (κ2) is 5.29. The van der Waals surface area contributed by atoms with Crippen LogP contribution in [-0.2, 0) is 0 Å². The minimum atomic E-state index is 0.0137. The Balaban J connectivity index is 2.19. The summed E-state index contributed by atoms with van der Waals surface area (Å²) in [7, 11) is 4.16. The van der Waals surface area contributed by atoms with Crippen LogP contribution in [0.4, 0.5) is 0 Å². The molecule has 1 aromatic rings. The molecular weight excluding hydrogens is 232 g/mol. The van der Waals surface area contributed by atoms with E-state index >= 15 is 0 Å². The van der Waals surface area contributed by atoms with E-state index in [2.05, 4.69) is 23.9 Å². The van der Waals surface area contributed by atoms with Gasteiger partial charge in [-0.15, -0.1) is 11.3 Å². The number of carbonyl (C=O) groups excluding carboxylic acids is 1. The van der Waals surface area contributed by atoms with E-state index < -0.39 is 0 Å². The van der Waals surface area contributed by atoms with Gasteiger partial charge in [-0.25, -0.2) is 0 Å². The van der Waals surface area contributed by atoms with Gasteiger partial charge in [0.25, 0.3) is 0 Å². The molecule has 1 fully saturated rings. The Labute approximate surface area is 107 Å². The molecule has 1 atom stereocenters. The monoisotopic (exact) mass is 252 g/mol. The Hall–Kier alpha value is -0.710. The van der Waals surface area contributed by atoms with Crippen molar-refractivity contribution in [3.05, 3.63) is 21.9 Å². The van der Waals surface area contributed by atoms with Gasteiger partial charge in [-0.2, -0.15) is 0 Å². The average molecular weight is 252 g/mol. The van der Waals surface area contributed by atoms with E-state index in [-0.39, 0.29) is 11.8 Å². The Morgan fingerprint density at radius 2 is 2.18 bits per heavy atom. The zero-order chi connectivity index (χ0) is 12.4. The first-order valence-electron chi connectivity index (χ1n) is 6.06. The first-order valence-corrected chi connectivity index (χ1v) is 6.94. The number of hydrogen-bond donors (Lipinski definition) is 0. The van der Waals surface area contributed by atoms with E-state index in [0.29, 0.717) is 0 Å². The lowest BCUT2D eigenvalue weighted by Gasteiger charge is -2.25. The van der Waals surface area contributed by atoms with Crippen LogP contribution in [0.1, 0.15) is 21.7 Å². The molecule has 0 amide bonds. The summed E-state index contributed by atoms with van der Waals surface area (Å²) < 4.78 is 0. The van der Waals surface area contributed by atoms with E-state index in [9.17, 15) is 4.79 Å². The number of hydrogen-bond acceptors (Lipinski definition) is 4. The van der Waals surface area contributed by atoms with Crippen LogP contribution >= 0.6 is 11.3 Å². The smallest absolute Gasteiger partial charge is 0.191 e. The number of ketones is 1. The molecule has 4 heteroatoms. The first kappa shape index (κ1) is 12.7. The van der Waals surface area contributed by atoms with Gasteiger partial charge in [0.2, 0.25) is 0 Å². The molecule has 0 saturated carbocycles. The van der Waals surface area contributed by atoms with Crippen LogP contribution in [0.2, 0.25) is 0 Å². The molecular formula is C13H20N2OS. The Kier molecular flexibility index (Phi) is 3.97. The highest BCUT2D eigenvalue weighted by molar-refractivity contribution is 7.12. The fraction of sp³-hybridized carbons (Fsp3) is 0.615. The fourth-order valence-electron chi connectivity index (χ4n) is 2.33. The van der Waals surface area contributed by atoms with Crippen LogP contribution in [0.25, 0.3) is 0 Å². The van der Waals surface area contributed by atoms with Gasteiger partial charge in [0.1, 0.15) is 0 Å². The molecule has 3 nitrogen and oxygen atoms in total. The molecule has 1 aliphatic heterocycles. The molecule has 94 valence electrons. The number of carbonyl (C=O) groups is 1. The van der Waals surface area contributed by atoms with Gasteiger partial charge >= 0.3 is 0 Å². The quantitative estimate of drug-likeness (QED) is 0.751. The molecule has 0 radical (unpaired) electrons. The maximum atomic E-state index is 12.5. The van der Waals surface area contributed by atoms with Gasteiger partial charge in [0.05, 0.1) is 10.9 Å². The van der Waals surface area contributed by atoms with E-state index in [1.54, 1.807) is 11.3 Å². The largest absolute Gasteiger partial charge is 0.304 e. The molecule has 1 unspecified atom stereocenters. The molecule has 1 aromatic heterocycles. The number of aryl methyl sites for hydroxylation is 1. The molecule has 1 aliphatic rings. The van der Waals surface area contributed by atoms with Crippen molar-refractivity contribution in [2.45, 2.75) is 19.4 Å². The Morgan fingerprint density at radius 1 is 1.41 bits per heavy atom. The van der Waals surface area contributed by atoms with E-state index in [4.69, 9.17) is 0 Å². The lowest BCUT2D eigenvalue weighted by Crippen LogP contribution is -2.43. The third-order valence-electron chi connectivity index (χ3n) is 3.46. The van der Waals surface area contributed by atoms with E-state index in [1.165, 1.54) is 0 Å². The summed E-state index contributed by atoms with van der Waals surface area (Å²) in [5, 5.41) is 2.00. The zero-order valence-corrected chi connectivity index (χ0v) is 11.6.